The number of hydrogen-bond donors (Lipinski definition) is 1. The largest absolute Gasteiger partial charge is 0.418 e. The van der Waals surface area contributed by atoms with Crippen LogP contribution in [0, 0.1) is 10.1 Å². The van der Waals surface area contributed by atoms with E-state index in [2.05, 4.69) is 0 Å². The van der Waals surface area contributed by atoms with Crippen LogP contribution in [0.1, 0.15) is 11.7 Å². The summed E-state index contributed by atoms with van der Waals surface area (Å²) < 4.78 is 36.0. The second kappa shape index (κ2) is 3.85. The first kappa shape index (κ1) is 11.4. The molecule has 0 amide bonds. The van der Waals surface area contributed by atoms with E-state index in [1.165, 1.54) is 0 Å². The molecule has 0 radical (unpaired) electrons. The third-order valence-corrected chi connectivity index (χ3v) is 1.73. The Labute approximate surface area is 82.1 Å². The Morgan fingerprint density at radius 1 is 1.27 bits per heavy atom. The minimum atomic E-state index is -4.77. The second-order valence-electron chi connectivity index (χ2n) is 2.79. The van der Waals surface area contributed by atoms with Crippen LogP contribution in [0.2, 0.25) is 0 Å². The summed E-state index contributed by atoms with van der Waals surface area (Å²) in [7, 11) is 0. The molecule has 1 unspecified atom stereocenters. The number of nitro benzene ring substituents is 1. The molecule has 1 aromatic rings. The van der Waals surface area contributed by atoms with Crippen molar-refractivity contribution in [2.45, 2.75) is 12.3 Å². The maximum atomic E-state index is 12.0. The monoisotopic (exact) mass is 221 g/mol. The van der Waals surface area contributed by atoms with E-state index in [0.717, 1.165) is 24.3 Å². The summed E-state index contributed by atoms with van der Waals surface area (Å²) >= 11 is 0. The molecule has 0 aromatic heterocycles. The summed E-state index contributed by atoms with van der Waals surface area (Å²) in [5.74, 6) is 0. The van der Waals surface area contributed by atoms with Crippen LogP contribution >= 0.6 is 0 Å². The van der Waals surface area contributed by atoms with Crippen LogP contribution in [0.4, 0.5) is 18.9 Å². The van der Waals surface area contributed by atoms with Gasteiger partial charge in [-0.2, -0.15) is 13.2 Å². The minimum absolute atomic E-state index is 0.326. The number of alkyl halides is 3. The second-order valence-corrected chi connectivity index (χ2v) is 2.79. The predicted molar refractivity (Wildman–Crippen MR) is 44.1 cm³/mol. The Balaban J connectivity index is 2.94. The Kier molecular flexibility index (Phi) is 2.94. The Hall–Kier alpha value is -1.63. The van der Waals surface area contributed by atoms with Gasteiger partial charge in [0.1, 0.15) is 0 Å². The lowest BCUT2D eigenvalue weighted by molar-refractivity contribution is -0.384. The maximum absolute atomic E-state index is 12.0. The van der Waals surface area contributed by atoms with Gasteiger partial charge in [0.25, 0.3) is 5.69 Å². The van der Waals surface area contributed by atoms with E-state index in [0.29, 0.717) is 0 Å². The first-order valence-corrected chi connectivity index (χ1v) is 3.81. The van der Waals surface area contributed by atoms with Gasteiger partial charge in [0, 0.05) is 12.1 Å². The number of rotatable bonds is 2. The molecule has 4 nitrogen and oxygen atoms in total. The molecule has 0 spiro atoms. The fraction of sp³-hybridized carbons (Fsp3) is 0.250. The highest BCUT2D eigenvalue weighted by Gasteiger charge is 2.39. The fourth-order valence-electron chi connectivity index (χ4n) is 0.967. The summed E-state index contributed by atoms with van der Waals surface area (Å²) in [6.07, 6.45) is -7.38. The van der Waals surface area contributed by atoms with Crippen LogP contribution < -0.4 is 0 Å². The number of nitrogens with zero attached hydrogens (tertiary/aromatic N) is 1. The zero-order chi connectivity index (χ0) is 11.6. The van der Waals surface area contributed by atoms with Gasteiger partial charge in [-0.05, 0) is 17.7 Å². The van der Waals surface area contributed by atoms with Crippen molar-refractivity contribution in [3.8, 4) is 0 Å². The zero-order valence-corrected chi connectivity index (χ0v) is 7.23. The highest BCUT2D eigenvalue weighted by molar-refractivity contribution is 5.34. The molecule has 15 heavy (non-hydrogen) atoms. The third kappa shape index (κ3) is 2.66. The quantitative estimate of drug-likeness (QED) is 0.615. The van der Waals surface area contributed by atoms with Gasteiger partial charge in [-0.1, -0.05) is 0 Å². The number of hydrogen-bond acceptors (Lipinski definition) is 3. The van der Waals surface area contributed by atoms with Gasteiger partial charge in [0.05, 0.1) is 4.92 Å². The molecule has 82 valence electrons. The van der Waals surface area contributed by atoms with Gasteiger partial charge in [-0.25, -0.2) is 0 Å². The van der Waals surface area contributed by atoms with Gasteiger partial charge >= 0.3 is 6.18 Å². The highest BCUT2D eigenvalue weighted by Crippen LogP contribution is 2.32. The fourth-order valence-corrected chi connectivity index (χ4v) is 0.967. The van der Waals surface area contributed by atoms with Crippen molar-refractivity contribution in [3.05, 3.63) is 39.9 Å². The summed E-state index contributed by atoms with van der Waals surface area (Å²) in [5.41, 5.74) is -0.749. The molecule has 0 heterocycles. The third-order valence-electron chi connectivity index (χ3n) is 1.73. The van der Waals surface area contributed by atoms with Crippen LogP contribution in [-0.2, 0) is 0 Å². The van der Waals surface area contributed by atoms with Crippen molar-refractivity contribution in [2.75, 3.05) is 0 Å². The topological polar surface area (TPSA) is 63.4 Å². The lowest BCUT2D eigenvalue weighted by Gasteiger charge is -2.14. The first-order chi connectivity index (χ1) is 6.82. The van der Waals surface area contributed by atoms with Crippen LogP contribution in [-0.4, -0.2) is 16.2 Å². The number of aliphatic hydroxyl groups excluding tert-OH is 1. The predicted octanol–water partition coefficient (Wildman–Crippen LogP) is 2.19. The average molecular weight is 221 g/mol. The summed E-state index contributed by atoms with van der Waals surface area (Å²) in [5, 5.41) is 19.0. The first-order valence-electron chi connectivity index (χ1n) is 3.81. The number of aliphatic hydroxyl groups is 1. The molecular formula is C8H6F3NO3. The number of halogens is 3. The Bertz CT molecular complexity index is 360. The van der Waals surface area contributed by atoms with E-state index >= 15 is 0 Å². The minimum Gasteiger partial charge on any atom is -0.379 e. The van der Waals surface area contributed by atoms with Crippen molar-refractivity contribution in [1.29, 1.82) is 0 Å². The molecule has 0 bridgehead atoms. The van der Waals surface area contributed by atoms with Crippen molar-refractivity contribution < 1.29 is 23.2 Å². The van der Waals surface area contributed by atoms with Gasteiger partial charge < -0.3 is 5.11 Å². The molecule has 1 aromatic carbocycles. The molecule has 0 aliphatic carbocycles. The normalized spacial score (nSPS) is 13.6. The van der Waals surface area contributed by atoms with E-state index in [1.807, 2.05) is 0 Å². The van der Waals surface area contributed by atoms with E-state index in [9.17, 15) is 23.3 Å². The molecule has 0 aliphatic heterocycles. The molecule has 1 rings (SSSR count). The average Bonchev–Trinajstić information content (AvgIpc) is 2.15. The zero-order valence-electron chi connectivity index (χ0n) is 7.23. The van der Waals surface area contributed by atoms with Crippen molar-refractivity contribution in [1.82, 2.24) is 0 Å². The summed E-state index contributed by atoms with van der Waals surface area (Å²) in [4.78, 5) is 9.47. The van der Waals surface area contributed by atoms with E-state index in [4.69, 9.17) is 5.11 Å². The molecule has 1 atom stereocenters. The van der Waals surface area contributed by atoms with Crippen LogP contribution in [0.25, 0.3) is 0 Å². The Morgan fingerprint density at radius 3 is 2.07 bits per heavy atom. The van der Waals surface area contributed by atoms with E-state index in [-0.39, 0.29) is 5.69 Å². The van der Waals surface area contributed by atoms with E-state index in [1.54, 1.807) is 0 Å². The summed E-state index contributed by atoms with van der Waals surface area (Å²) in [6.45, 7) is 0. The number of nitro groups is 1. The summed E-state index contributed by atoms with van der Waals surface area (Å²) in [6, 6.07) is 3.56. The maximum Gasteiger partial charge on any atom is 0.418 e. The standard InChI is InChI=1S/C8H6F3NO3/c9-8(10,11)7(13)5-1-3-6(4-2-5)12(14)15/h1-4,7,13H. The van der Waals surface area contributed by atoms with Gasteiger partial charge in [-0.15, -0.1) is 0 Å². The molecule has 0 saturated heterocycles. The van der Waals surface area contributed by atoms with Crippen LogP contribution in [0.5, 0.6) is 0 Å². The van der Waals surface area contributed by atoms with Crippen LogP contribution in [0.3, 0.4) is 0 Å². The molecule has 7 heteroatoms. The van der Waals surface area contributed by atoms with Crippen molar-refractivity contribution in [2.24, 2.45) is 0 Å². The lowest BCUT2D eigenvalue weighted by atomic mass is 10.1. The molecule has 1 N–H and O–H groups in total. The van der Waals surface area contributed by atoms with Crippen molar-refractivity contribution >= 4 is 5.69 Å². The Morgan fingerprint density at radius 2 is 1.73 bits per heavy atom. The smallest absolute Gasteiger partial charge is 0.379 e. The number of benzene rings is 1. The van der Waals surface area contributed by atoms with Gasteiger partial charge in [0.15, 0.2) is 6.10 Å². The van der Waals surface area contributed by atoms with Crippen molar-refractivity contribution in [3.63, 3.8) is 0 Å². The van der Waals surface area contributed by atoms with Gasteiger partial charge in [0.2, 0.25) is 0 Å². The van der Waals surface area contributed by atoms with Gasteiger partial charge in [-0.3, -0.25) is 10.1 Å². The molecule has 0 saturated carbocycles. The molecular weight excluding hydrogens is 215 g/mol. The lowest BCUT2D eigenvalue weighted by Crippen LogP contribution is -2.20. The molecule has 0 aliphatic rings. The highest BCUT2D eigenvalue weighted by atomic mass is 19.4. The van der Waals surface area contributed by atoms with E-state index < -0.39 is 22.8 Å². The van der Waals surface area contributed by atoms with Crippen LogP contribution in [0.15, 0.2) is 24.3 Å². The molecule has 0 fully saturated rings. The number of non-ortho nitro benzene ring substituents is 1. The SMILES string of the molecule is O=[N+]([O-])c1ccc(C(O)C(F)(F)F)cc1.